The molecule has 2 heterocycles. The first-order chi connectivity index (χ1) is 14.9. The predicted molar refractivity (Wildman–Crippen MR) is 124 cm³/mol. The van der Waals surface area contributed by atoms with Gasteiger partial charge in [-0.3, -0.25) is 9.88 Å². The molecule has 0 fully saturated rings. The topological polar surface area (TPSA) is 68.7 Å². The van der Waals surface area contributed by atoms with Gasteiger partial charge in [-0.2, -0.15) is 0 Å². The van der Waals surface area contributed by atoms with Crippen molar-refractivity contribution in [1.29, 1.82) is 0 Å². The van der Waals surface area contributed by atoms with Gasteiger partial charge in [0.15, 0.2) is 0 Å². The molecule has 1 atom stereocenters. The minimum absolute atomic E-state index is 0.157. The van der Waals surface area contributed by atoms with Crippen molar-refractivity contribution in [1.82, 2.24) is 9.88 Å². The molecule has 4 rings (SSSR count). The highest BCUT2D eigenvalue weighted by Gasteiger charge is 2.25. The van der Waals surface area contributed by atoms with Crippen LogP contribution in [0, 0.1) is 6.92 Å². The van der Waals surface area contributed by atoms with Crippen LogP contribution in [0.2, 0.25) is 0 Å². The molecular formula is C25H28N4O2. The van der Waals surface area contributed by atoms with Crippen LogP contribution in [-0.4, -0.2) is 48.1 Å². The van der Waals surface area contributed by atoms with E-state index in [1.165, 1.54) is 34.6 Å². The lowest BCUT2D eigenvalue weighted by molar-refractivity contribution is 0.0697. The number of hydrogen-bond donors (Lipinski definition) is 2. The molecule has 6 nitrogen and oxygen atoms in total. The van der Waals surface area contributed by atoms with E-state index < -0.39 is 5.97 Å². The Morgan fingerprint density at radius 3 is 2.68 bits per heavy atom. The van der Waals surface area contributed by atoms with Crippen molar-refractivity contribution < 1.29 is 9.90 Å². The van der Waals surface area contributed by atoms with E-state index in [-0.39, 0.29) is 11.6 Å². The summed E-state index contributed by atoms with van der Waals surface area (Å²) >= 11 is 0. The predicted octanol–water partition coefficient (Wildman–Crippen LogP) is 4.50. The Balaban J connectivity index is 1.56. The molecule has 0 bridgehead atoms. The van der Waals surface area contributed by atoms with Crippen molar-refractivity contribution in [3.8, 4) is 0 Å². The smallest absolute Gasteiger partial charge is 0.337 e. The van der Waals surface area contributed by atoms with Crippen molar-refractivity contribution in [2.24, 2.45) is 0 Å². The maximum absolute atomic E-state index is 11.5. The van der Waals surface area contributed by atoms with Crippen LogP contribution >= 0.6 is 0 Å². The first kappa shape index (κ1) is 20.9. The van der Waals surface area contributed by atoms with Gasteiger partial charge < -0.3 is 15.3 Å². The van der Waals surface area contributed by atoms with E-state index in [2.05, 4.69) is 83.6 Å². The SMILES string of the molecule is Cc1ccc(N(C)c2ccc3c(c2)CCN(C)C3CNc2cnccc2C(=O)O)cc1. The largest absolute Gasteiger partial charge is 0.478 e. The molecule has 0 spiro atoms. The number of hydrogen-bond acceptors (Lipinski definition) is 5. The molecule has 0 saturated heterocycles. The summed E-state index contributed by atoms with van der Waals surface area (Å²) in [5, 5.41) is 12.7. The molecule has 31 heavy (non-hydrogen) atoms. The monoisotopic (exact) mass is 416 g/mol. The average molecular weight is 417 g/mol. The molecule has 3 aromatic rings. The van der Waals surface area contributed by atoms with Crippen LogP contribution < -0.4 is 10.2 Å². The molecular weight excluding hydrogens is 388 g/mol. The summed E-state index contributed by atoms with van der Waals surface area (Å²) in [5.41, 5.74) is 6.98. The number of carbonyl (C=O) groups is 1. The van der Waals surface area contributed by atoms with E-state index in [1.54, 1.807) is 6.20 Å². The van der Waals surface area contributed by atoms with Gasteiger partial charge in [0.1, 0.15) is 0 Å². The summed E-state index contributed by atoms with van der Waals surface area (Å²) in [6.45, 7) is 3.66. The van der Waals surface area contributed by atoms with E-state index in [4.69, 9.17) is 0 Å². The van der Waals surface area contributed by atoms with Gasteiger partial charge in [0.2, 0.25) is 0 Å². The van der Waals surface area contributed by atoms with Crippen LogP contribution in [0.4, 0.5) is 17.1 Å². The van der Waals surface area contributed by atoms with Gasteiger partial charge in [0.25, 0.3) is 0 Å². The van der Waals surface area contributed by atoms with Gasteiger partial charge >= 0.3 is 5.97 Å². The number of pyridine rings is 1. The number of likely N-dealkylation sites (N-methyl/N-ethyl adjacent to an activating group) is 1. The zero-order valence-electron chi connectivity index (χ0n) is 18.2. The summed E-state index contributed by atoms with van der Waals surface area (Å²) in [5.74, 6) is -0.953. The fraction of sp³-hybridized carbons (Fsp3) is 0.280. The second-order valence-electron chi connectivity index (χ2n) is 8.13. The minimum Gasteiger partial charge on any atom is -0.478 e. The number of carboxylic acids is 1. The highest BCUT2D eigenvalue weighted by Crippen LogP contribution is 2.33. The van der Waals surface area contributed by atoms with Crippen LogP contribution in [0.3, 0.4) is 0 Å². The highest BCUT2D eigenvalue weighted by atomic mass is 16.4. The molecule has 6 heteroatoms. The van der Waals surface area contributed by atoms with Crippen LogP contribution in [0.1, 0.15) is 33.1 Å². The van der Waals surface area contributed by atoms with Crippen LogP contribution in [-0.2, 0) is 6.42 Å². The van der Waals surface area contributed by atoms with Crippen LogP contribution in [0.25, 0.3) is 0 Å². The summed E-state index contributed by atoms with van der Waals surface area (Å²) in [6, 6.07) is 16.9. The summed E-state index contributed by atoms with van der Waals surface area (Å²) in [7, 11) is 4.21. The van der Waals surface area contributed by atoms with Gasteiger partial charge in [-0.15, -0.1) is 0 Å². The maximum atomic E-state index is 11.5. The van der Waals surface area contributed by atoms with E-state index in [0.717, 1.165) is 18.7 Å². The van der Waals surface area contributed by atoms with E-state index in [0.29, 0.717) is 12.2 Å². The molecule has 2 aromatic carbocycles. The van der Waals surface area contributed by atoms with Crippen LogP contribution in [0.15, 0.2) is 60.9 Å². The Morgan fingerprint density at radius 1 is 1.19 bits per heavy atom. The number of benzene rings is 2. The van der Waals surface area contributed by atoms with Crippen molar-refractivity contribution in [3.63, 3.8) is 0 Å². The summed E-state index contributed by atoms with van der Waals surface area (Å²) < 4.78 is 0. The number of aromatic nitrogens is 1. The quantitative estimate of drug-likeness (QED) is 0.617. The fourth-order valence-electron chi connectivity index (χ4n) is 4.14. The molecule has 1 unspecified atom stereocenters. The first-order valence-corrected chi connectivity index (χ1v) is 10.5. The zero-order valence-corrected chi connectivity index (χ0v) is 18.2. The van der Waals surface area contributed by atoms with Crippen molar-refractivity contribution >= 4 is 23.0 Å². The number of carboxylic acid groups (broad SMARTS) is 1. The highest BCUT2D eigenvalue weighted by molar-refractivity contribution is 5.93. The Hall–Kier alpha value is -3.38. The standard InChI is InChI=1S/C25H28N4O2/c1-17-4-6-19(7-5-17)29(3)20-8-9-21-18(14-20)11-13-28(2)24(21)16-27-23-15-26-12-10-22(23)25(30)31/h4-10,12,14-15,24,27H,11,13,16H2,1-3H3,(H,30,31). The molecule has 1 aromatic heterocycles. The Bertz CT molecular complexity index is 1080. The molecule has 1 aliphatic heterocycles. The normalized spacial score (nSPS) is 15.9. The first-order valence-electron chi connectivity index (χ1n) is 10.5. The molecule has 0 saturated carbocycles. The molecule has 0 amide bonds. The molecule has 0 radical (unpaired) electrons. The molecule has 0 aliphatic carbocycles. The van der Waals surface area contributed by atoms with Gasteiger partial charge in [0.05, 0.1) is 23.5 Å². The van der Waals surface area contributed by atoms with Crippen molar-refractivity contribution in [2.75, 3.05) is 37.4 Å². The maximum Gasteiger partial charge on any atom is 0.337 e. The van der Waals surface area contributed by atoms with Crippen molar-refractivity contribution in [3.05, 3.63) is 83.2 Å². The average Bonchev–Trinajstić information content (AvgIpc) is 2.78. The number of nitrogens with one attached hydrogen (secondary N) is 1. The zero-order chi connectivity index (χ0) is 22.0. The Kier molecular flexibility index (Phi) is 5.91. The molecule has 160 valence electrons. The van der Waals surface area contributed by atoms with E-state index >= 15 is 0 Å². The Morgan fingerprint density at radius 2 is 1.94 bits per heavy atom. The van der Waals surface area contributed by atoms with Gasteiger partial charge in [0, 0.05) is 37.7 Å². The lowest BCUT2D eigenvalue weighted by atomic mass is 9.92. The summed E-state index contributed by atoms with van der Waals surface area (Å²) in [6.07, 6.45) is 4.07. The van der Waals surface area contributed by atoms with E-state index in [9.17, 15) is 9.90 Å². The number of rotatable bonds is 6. The van der Waals surface area contributed by atoms with Crippen molar-refractivity contribution in [2.45, 2.75) is 19.4 Å². The summed E-state index contributed by atoms with van der Waals surface area (Å²) in [4.78, 5) is 20.1. The minimum atomic E-state index is -0.953. The van der Waals surface area contributed by atoms with Gasteiger partial charge in [-0.1, -0.05) is 23.8 Å². The van der Waals surface area contributed by atoms with E-state index in [1.807, 2.05) is 0 Å². The second-order valence-corrected chi connectivity index (χ2v) is 8.13. The van der Waals surface area contributed by atoms with Gasteiger partial charge in [-0.25, -0.2) is 4.79 Å². The molecule has 1 aliphatic rings. The lowest BCUT2D eigenvalue weighted by Crippen LogP contribution is -2.36. The lowest BCUT2D eigenvalue weighted by Gasteiger charge is -2.35. The Labute approximate surface area is 183 Å². The van der Waals surface area contributed by atoms with Crippen LogP contribution in [0.5, 0.6) is 0 Å². The number of aromatic carboxylic acids is 1. The third kappa shape index (κ3) is 4.39. The third-order valence-electron chi connectivity index (χ3n) is 6.10. The number of aryl methyl sites for hydroxylation is 1. The second kappa shape index (κ2) is 8.78. The molecule has 2 N–H and O–H groups in total. The van der Waals surface area contributed by atoms with Gasteiger partial charge in [-0.05, 0) is 61.9 Å². The fourth-order valence-corrected chi connectivity index (χ4v) is 4.14. The number of anilines is 3. The number of nitrogens with zero attached hydrogens (tertiary/aromatic N) is 3. The third-order valence-corrected chi connectivity index (χ3v) is 6.10. The number of fused-ring (bicyclic) bond motifs is 1.